The van der Waals surface area contributed by atoms with Crippen LogP contribution < -0.4 is 4.90 Å². The van der Waals surface area contributed by atoms with E-state index in [1.807, 2.05) is 0 Å². The molecule has 0 bridgehead atoms. The second-order valence-corrected chi connectivity index (χ2v) is 5.10. The fraction of sp³-hybridized carbons (Fsp3) is 0.455. The molecule has 102 valence electrons. The molecule has 2 aromatic heterocycles. The van der Waals surface area contributed by atoms with Gasteiger partial charge in [-0.1, -0.05) is 18.5 Å². The third-order valence-corrected chi connectivity index (χ3v) is 3.52. The Morgan fingerprint density at radius 2 is 2.21 bits per heavy atom. The predicted molar refractivity (Wildman–Crippen MR) is 64.3 cm³/mol. The SMILES string of the molecule is CC1CN(c2cc(Cl)nn3c(F)cnc23)CC1(F)F. The lowest BCUT2D eigenvalue weighted by Crippen LogP contribution is -2.27. The molecule has 0 spiro atoms. The van der Waals surface area contributed by atoms with Crippen LogP contribution in [0.25, 0.3) is 5.65 Å². The predicted octanol–water partition coefficient (Wildman–Crippen LogP) is 2.61. The Bertz CT molecular complexity index is 642. The second-order valence-electron chi connectivity index (χ2n) is 4.71. The first-order valence-electron chi connectivity index (χ1n) is 5.71. The van der Waals surface area contributed by atoms with Crippen LogP contribution in [0.5, 0.6) is 0 Å². The highest BCUT2D eigenvalue weighted by Gasteiger charge is 2.45. The van der Waals surface area contributed by atoms with Crippen molar-refractivity contribution < 1.29 is 13.2 Å². The van der Waals surface area contributed by atoms with Gasteiger partial charge >= 0.3 is 0 Å². The van der Waals surface area contributed by atoms with E-state index in [9.17, 15) is 13.2 Å². The number of halogens is 4. The van der Waals surface area contributed by atoms with Crippen LogP contribution in [0.1, 0.15) is 6.92 Å². The van der Waals surface area contributed by atoms with E-state index in [1.165, 1.54) is 17.9 Å². The van der Waals surface area contributed by atoms with Crippen LogP contribution in [-0.2, 0) is 0 Å². The van der Waals surface area contributed by atoms with Crippen molar-refractivity contribution in [2.24, 2.45) is 5.92 Å². The van der Waals surface area contributed by atoms with Gasteiger partial charge in [-0.2, -0.15) is 14.0 Å². The molecule has 1 saturated heterocycles. The summed E-state index contributed by atoms with van der Waals surface area (Å²) in [6.45, 7) is 1.21. The minimum Gasteiger partial charge on any atom is -0.362 e. The zero-order valence-electron chi connectivity index (χ0n) is 9.95. The van der Waals surface area contributed by atoms with Gasteiger partial charge in [0.25, 0.3) is 5.92 Å². The fourth-order valence-electron chi connectivity index (χ4n) is 2.25. The van der Waals surface area contributed by atoms with E-state index in [0.717, 1.165) is 10.7 Å². The highest BCUT2D eigenvalue weighted by atomic mass is 35.5. The molecule has 3 heterocycles. The van der Waals surface area contributed by atoms with Gasteiger partial charge in [-0.3, -0.25) is 0 Å². The van der Waals surface area contributed by atoms with E-state index in [-0.39, 0.29) is 17.3 Å². The Kier molecular flexibility index (Phi) is 2.63. The lowest BCUT2D eigenvalue weighted by Gasteiger charge is -2.18. The standard InChI is InChI=1S/C11H10ClF3N4/c1-6-4-18(5-11(6,14)15)7-2-8(12)17-19-9(13)3-16-10(7)19/h2-3,6H,4-5H2,1H3. The Labute approximate surface area is 111 Å². The van der Waals surface area contributed by atoms with Gasteiger partial charge in [0.15, 0.2) is 10.8 Å². The van der Waals surface area contributed by atoms with E-state index in [1.54, 1.807) is 0 Å². The Balaban J connectivity index is 2.11. The first-order chi connectivity index (χ1) is 8.88. The van der Waals surface area contributed by atoms with Crippen molar-refractivity contribution in [2.45, 2.75) is 12.8 Å². The van der Waals surface area contributed by atoms with Gasteiger partial charge in [-0.05, 0) is 0 Å². The first-order valence-corrected chi connectivity index (χ1v) is 6.09. The summed E-state index contributed by atoms with van der Waals surface area (Å²) in [7, 11) is 0. The molecule has 0 aliphatic carbocycles. The number of fused-ring (bicyclic) bond motifs is 1. The summed E-state index contributed by atoms with van der Waals surface area (Å²) < 4.78 is 41.5. The lowest BCUT2D eigenvalue weighted by molar-refractivity contribution is -0.0137. The van der Waals surface area contributed by atoms with E-state index < -0.39 is 24.3 Å². The Morgan fingerprint density at radius 1 is 1.47 bits per heavy atom. The summed E-state index contributed by atoms with van der Waals surface area (Å²) in [5.74, 6) is -4.24. The monoisotopic (exact) mass is 290 g/mol. The van der Waals surface area contributed by atoms with E-state index in [4.69, 9.17) is 11.6 Å². The van der Waals surface area contributed by atoms with Crippen LogP contribution in [-0.4, -0.2) is 33.6 Å². The lowest BCUT2D eigenvalue weighted by atomic mass is 10.1. The number of hydrogen-bond donors (Lipinski definition) is 0. The molecule has 8 heteroatoms. The van der Waals surface area contributed by atoms with Gasteiger partial charge in [0.1, 0.15) is 0 Å². The number of aromatic nitrogens is 3. The molecule has 3 rings (SSSR count). The van der Waals surface area contributed by atoms with Gasteiger partial charge in [0.2, 0.25) is 5.95 Å². The number of alkyl halides is 2. The molecular weight excluding hydrogens is 281 g/mol. The zero-order valence-corrected chi connectivity index (χ0v) is 10.7. The van der Waals surface area contributed by atoms with Gasteiger partial charge in [0, 0.05) is 18.5 Å². The molecule has 1 aliphatic heterocycles. The Hall–Kier alpha value is -1.50. The van der Waals surface area contributed by atoms with Crippen molar-refractivity contribution in [3.63, 3.8) is 0 Å². The zero-order chi connectivity index (χ0) is 13.8. The third-order valence-electron chi connectivity index (χ3n) is 3.33. The number of imidazole rings is 1. The van der Waals surface area contributed by atoms with Gasteiger partial charge in [-0.25, -0.2) is 13.8 Å². The molecule has 0 radical (unpaired) electrons. The number of hydrogen-bond acceptors (Lipinski definition) is 3. The summed E-state index contributed by atoms with van der Waals surface area (Å²) in [5.41, 5.74) is 0.555. The van der Waals surface area contributed by atoms with Crippen molar-refractivity contribution in [1.29, 1.82) is 0 Å². The molecule has 0 N–H and O–H groups in total. The van der Waals surface area contributed by atoms with E-state index >= 15 is 0 Å². The van der Waals surface area contributed by atoms with Crippen molar-refractivity contribution in [3.05, 3.63) is 23.4 Å². The maximum atomic E-state index is 13.6. The van der Waals surface area contributed by atoms with E-state index in [2.05, 4.69) is 10.1 Å². The summed E-state index contributed by atoms with van der Waals surface area (Å²) in [4.78, 5) is 5.32. The van der Waals surface area contributed by atoms with Crippen molar-refractivity contribution in [3.8, 4) is 0 Å². The van der Waals surface area contributed by atoms with Crippen LogP contribution in [0.2, 0.25) is 5.15 Å². The van der Waals surface area contributed by atoms with Crippen molar-refractivity contribution in [2.75, 3.05) is 18.0 Å². The van der Waals surface area contributed by atoms with Crippen LogP contribution >= 0.6 is 11.6 Å². The van der Waals surface area contributed by atoms with Crippen LogP contribution in [0, 0.1) is 11.9 Å². The number of nitrogens with zero attached hydrogens (tertiary/aromatic N) is 4. The summed E-state index contributed by atoms with van der Waals surface area (Å²) in [5, 5.41) is 3.78. The normalized spacial score (nSPS) is 22.4. The molecule has 0 amide bonds. The van der Waals surface area contributed by atoms with Gasteiger partial charge in [-0.15, -0.1) is 0 Å². The largest absolute Gasteiger partial charge is 0.362 e. The Morgan fingerprint density at radius 3 is 2.84 bits per heavy atom. The molecule has 0 saturated carbocycles. The first kappa shape index (κ1) is 12.5. The van der Waals surface area contributed by atoms with Crippen molar-refractivity contribution in [1.82, 2.24) is 14.6 Å². The quantitative estimate of drug-likeness (QED) is 0.809. The minimum atomic E-state index is -2.78. The van der Waals surface area contributed by atoms with Crippen molar-refractivity contribution >= 4 is 22.9 Å². The second kappa shape index (κ2) is 4.00. The molecule has 1 fully saturated rings. The average Bonchev–Trinajstić information content (AvgIpc) is 2.81. The average molecular weight is 291 g/mol. The molecule has 0 aromatic carbocycles. The maximum absolute atomic E-state index is 13.6. The molecule has 1 unspecified atom stereocenters. The summed E-state index contributed by atoms with van der Waals surface area (Å²) >= 11 is 5.80. The smallest absolute Gasteiger partial charge is 0.269 e. The highest BCUT2D eigenvalue weighted by molar-refractivity contribution is 6.29. The van der Waals surface area contributed by atoms with Crippen LogP contribution in [0.15, 0.2) is 12.3 Å². The number of rotatable bonds is 1. The van der Waals surface area contributed by atoms with Gasteiger partial charge < -0.3 is 4.90 Å². The number of anilines is 1. The van der Waals surface area contributed by atoms with Crippen LogP contribution in [0.4, 0.5) is 18.9 Å². The molecule has 4 nitrogen and oxygen atoms in total. The highest BCUT2D eigenvalue weighted by Crippen LogP contribution is 2.37. The minimum absolute atomic E-state index is 0.0299. The van der Waals surface area contributed by atoms with Crippen LogP contribution in [0.3, 0.4) is 0 Å². The maximum Gasteiger partial charge on any atom is 0.269 e. The summed E-state index contributed by atoms with van der Waals surface area (Å²) in [6.07, 6.45) is 0.986. The topological polar surface area (TPSA) is 33.4 Å². The molecular formula is C11H10ClF3N4. The van der Waals surface area contributed by atoms with Gasteiger partial charge in [0.05, 0.1) is 18.4 Å². The van der Waals surface area contributed by atoms with E-state index in [0.29, 0.717) is 5.69 Å². The molecule has 1 atom stereocenters. The fourth-order valence-corrected chi connectivity index (χ4v) is 2.43. The molecule has 1 aliphatic rings. The third kappa shape index (κ3) is 1.92. The molecule has 2 aromatic rings. The summed E-state index contributed by atoms with van der Waals surface area (Å²) in [6, 6.07) is 1.43. The molecule has 19 heavy (non-hydrogen) atoms.